The zero-order chi connectivity index (χ0) is 28.7. The number of hydrogen-bond donors (Lipinski definition) is 1. The maximum absolute atomic E-state index is 14.4. The van der Waals surface area contributed by atoms with E-state index in [2.05, 4.69) is 48.4 Å². The van der Waals surface area contributed by atoms with Crippen LogP contribution in [0.15, 0.2) is 24.3 Å². The molecule has 1 N–H and O–H groups in total. The number of phenolic OH excluding ortho intramolecular Hbond substituents is 1. The lowest BCUT2D eigenvalue weighted by atomic mass is 9.97. The Labute approximate surface area is 239 Å². The first kappa shape index (κ1) is 27.6. The van der Waals surface area contributed by atoms with Gasteiger partial charge in [0.2, 0.25) is 11.8 Å². The van der Waals surface area contributed by atoms with Crippen LogP contribution in [0.5, 0.6) is 11.8 Å². The van der Waals surface area contributed by atoms with Crippen LogP contribution >= 0.6 is 0 Å². The van der Waals surface area contributed by atoms with Gasteiger partial charge in [-0.15, -0.1) is 0 Å². The van der Waals surface area contributed by atoms with Gasteiger partial charge in [-0.3, -0.25) is 9.80 Å². The van der Waals surface area contributed by atoms with Gasteiger partial charge < -0.3 is 14.7 Å². The molecule has 8 nitrogen and oxygen atoms in total. The third-order valence-electron chi connectivity index (χ3n) is 8.58. The second kappa shape index (κ2) is 11.4. The summed E-state index contributed by atoms with van der Waals surface area (Å²) in [6, 6.07) is 8.01. The summed E-state index contributed by atoms with van der Waals surface area (Å²) in [5.41, 5.74) is 1.09. The van der Waals surface area contributed by atoms with Crippen molar-refractivity contribution in [2.24, 2.45) is 0 Å². The highest BCUT2D eigenvalue weighted by Gasteiger charge is 2.44. The Hall–Kier alpha value is -3.55. The third kappa shape index (κ3) is 5.79. The smallest absolute Gasteiger partial charge is 0.322 e. The molecule has 0 aliphatic carbocycles. The zero-order valence-electron chi connectivity index (χ0n) is 23.8. The number of fused-ring (bicyclic) bond motifs is 3. The molecule has 4 aliphatic heterocycles. The standard InChI is InChI=1S/C24H24FN5O2.C7H12FN/c1-4-19-20(25)7-5-15-9-18(31)10-16(22(15)19)6-8-21-26-23(28-24(27-21)32-3)29-11-14(2)30-13-17(30)12-29;8-6-4-7-2-1-3-9(7)5-6/h5,7,9-10,14,17,31H,4,11-13H2,1-3H3;6-7H,1-5H2. The molecular weight excluding hydrogens is 526 g/mol. The molecular formula is C31H36F2N6O2. The number of anilines is 1. The van der Waals surface area contributed by atoms with Crippen molar-refractivity contribution >= 4 is 16.7 Å². The van der Waals surface area contributed by atoms with Crippen LogP contribution in [-0.4, -0.2) is 94.0 Å². The number of nitrogens with zero attached hydrogens (tertiary/aromatic N) is 6. The Morgan fingerprint density at radius 3 is 2.68 bits per heavy atom. The summed E-state index contributed by atoms with van der Waals surface area (Å²) in [6.45, 7) is 8.74. The van der Waals surface area contributed by atoms with Gasteiger partial charge in [-0.2, -0.15) is 15.0 Å². The highest BCUT2D eigenvalue weighted by atomic mass is 19.1. The molecule has 4 aliphatic rings. The number of hydrogen-bond acceptors (Lipinski definition) is 8. The Balaban J connectivity index is 0.000000283. The van der Waals surface area contributed by atoms with E-state index < -0.39 is 6.17 Å². The fourth-order valence-corrected chi connectivity index (χ4v) is 6.54. The fourth-order valence-electron chi connectivity index (χ4n) is 6.54. The zero-order valence-corrected chi connectivity index (χ0v) is 23.8. The highest BCUT2D eigenvalue weighted by Crippen LogP contribution is 2.31. The molecule has 10 heteroatoms. The van der Waals surface area contributed by atoms with Gasteiger partial charge in [0.25, 0.3) is 0 Å². The van der Waals surface area contributed by atoms with Crippen LogP contribution in [-0.2, 0) is 6.42 Å². The Morgan fingerprint density at radius 1 is 1.07 bits per heavy atom. The van der Waals surface area contributed by atoms with E-state index in [4.69, 9.17) is 4.74 Å². The summed E-state index contributed by atoms with van der Waals surface area (Å²) < 4.78 is 32.3. The number of ether oxygens (including phenoxy) is 1. The lowest BCUT2D eigenvalue weighted by Crippen LogP contribution is -2.44. The molecule has 216 valence electrons. The largest absolute Gasteiger partial charge is 0.508 e. The first-order valence-corrected chi connectivity index (χ1v) is 14.5. The van der Waals surface area contributed by atoms with E-state index in [1.165, 1.54) is 26.0 Å². The van der Waals surface area contributed by atoms with E-state index in [1.54, 1.807) is 18.2 Å². The van der Waals surface area contributed by atoms with Crippen molar-refractivity contribution in [1.29, 1.82) is 0 Å². The van der Waals surface area contributed by atoms with Gasteiger partial charge in [-0.1, -0.05) is 18.9 Å². The lowest BCUT2D eigenvalue weighted by molar-refractivity contribution is 0.292. The van der Waals surface area contributed by atoms with E-state index in [0.29, 0.717) is 53.6 Å². The first-order chi connectivity index (χ1) is 19.8. The number of halogens is 2. The molecule has 7 rings (SSSR count). The summed E-state index contributed by atoms with van der Waals surface area (Å²) in [4.78, 5) is 20.1. The number of benzene rings is 2. The van der Waals surface area contributed by atoms with Crippen LogP contribution in [0.2, 0.25) is 0 Å². The predicted molar refractivity (Wildman–Crippen MR) is 154 cm³/mol. The van der Waals surface area contributed by atoms with Crippen molar-refractivity contribution in [2.45, 2.75) is 63.8 Å². The van der Waals surface area contributed by atoms with Crippen LogP contribution in [0, 0.1) is 17.7 Å². The van der Waals surface area contributed by atoms with Gasteiger partial charge in [0.1, 0.15) is 17.7 Å². The lowest BCUT2D eigenvalue weighted by Gasteiger charge is -2.31. The molecule has 0 radical (unpaired) electrons. The molecule has 0 bridgehead atoms. The minimum atomic E-state index is -0.518. The van der Waals surface area contributed by atoms with Gasteiger partial charge >= 0.3 is 6.01 Å². The highest BCUT2D eigenvalue weighted by molar-refractivity contribution is 5.92. The number of aryl methyl sites for hydroxylation is 1. The van der Waals surface area contributed by atoms with Gasteiger partial charge in [0.15, 0.2) is 0 Å². The first-order valence-electron chi connectivity index (χ1n) is 14.5. The van der Waals surface area contributed by atoms with Crippen molar-refractivity contribution in [3.8, 4) is 23.6 Å². The molecule has 1 aromatic heterocycles. The van der Waals surface area contributed by atoms with Gasteiger partial charge in [0.05, 0.1) is 7.11 Å². The molecule has 0 amide bonds. The number of phenols is 1. The molecule has 0 spiro atoms. The number of rotatable bonds is 3. The topological polar surface area (TPSA) is 77.6 Å². The van der Waals surface area contributed by atoms with Crippen molar-refractivity contribution in [3.05, 3.63) is 47.0 Å². The predicted octanol–water partition coefficient (Wildman–Crippen LogP) is 3.93. The second-order valence-electron chi connectivity index (χ2n) is 11.4. The number of aromatic hydroxyl groups is 1. The second-order valence-corrected chi connectivity index (χ2v) is 11.4. The van der Waals surface area contributed by atoms with Crippen LogP contribution < -0.4 is 9.64 Å². The van der Waals surface area contributed by atoms with Crippen molar-refractivity contribution in [2.75, 3.05) is 44.7 Å². The number of aromatic nitrogens is 3. The van der Waals surface area contributed by atoms with Crippen LogP contribution in [0.3, 0.4) is 0 Å². The summed E-state index contributed by atoms with van der Waals surface area (Å²) in [5.74, 6) is 6.61. The molecule has 3 aromatic rings. The van der Waals surface area contributed by atoms with Crippen LogP contribution in [0.4, 0.5) is 14.7 Å². The van der Waals surface area contributed by atoms with E-state index in [0.717, 1.165) is 38.0 Å². The van der Waals surface area contributed by atoms with Crippen LogP contribution in [0.25, 0.3) is 10.8 Å². The summed E-state index contributed by atoms with van der Waals surface area (Å²) in [6.07, 6.45) is 3.32. The quantitative estimate of drug-likeness (QED) is 0.380. The number of alkyl halides is 1. The van der Waals surface area contributed by atoms with E-state index in [-0.39, 0.29) is 23.4 Å². The van der Waals surface area contributed by atoms with Crippen molar-refractivity contribution < 1.29 is 18.6 Å². The Kier molecular flexibility index (Phi) is 7.66. The average molecular weight is 563 g/mol. The third-order valence-corrected chi connectivity index (χ3v) is 8.58. The normalized spacial score (nSPS) is 26.5. The summed E-state index contributed by atoms with van der Waals surface area (Å²) in [5, 5.41) is 11.6. The van der Waals surface area contributed by atoms with E-state index in [1.807, 2.05) is 6.92 Å². The molecule has 2 aromatic carbocycles. The minimum absolute atomic E-state index is 0.0701. The Morgan fingerprint density at radius 2 is 1.93 bits per heavy atom. The molecule has 4 fully saturated rings. The summed E-state index contributed by atoms with van der Waals surface area (Å²) in [7, 11) is 1.51. The number of methoxy groups -OCH3 is 1. The maximum atomic E-state index is 14.4. The van der Waals surface area contributed by atoms with Crippen molar-refractivity contribution in [1.82, 2.24) is 24.8 Å². The minimum Gasteiger partial charge on any atom is -0.508 e. The molecule has 5 unspecified atom stereocenters. The molecule has 0 saturated carbocycles. The molecule has 5 heterocycles. The van der Waals surface area contributed by atoms with Crippen LogP contribution in [0.1, 0.15) is 50.1 Å². The SMILES string of the molecule is CCc1c(F)ccc2cc(O)cc(C#Cc3nc(OC)nc(N4CC(C)N5CC5C4)n3)c12.FC1CC2CCCN2C1. The molecule has 41 heavy (non-hydrogen) atoms. The van der Waals surface area contributed by atoms with Gasteiger partial charge in [0, 0.05) is 55.3 Å². The average Bonchev–Trinajstić information content (AvgIpc) is 3.50. The monoisotopic (exact) mass is 562 g/mol. The number of piperazine rings is 1. The van der Waals surface area contributed by atoms with E-state index >= 15 is 0 Å². The molecule has 5 atom stereocenters. The van der Waals surface area contributed by atoms with Gasteiger partial charge in [-0.25, -0.2) is 8.78 Å². The maximum Gasteiger partial charge on any atom is 0.322 e. The Bertz CT molecular complexity index is 1500. The van der Waals surface area contributed by atoms with E-state index in [9.17, 15) is 13.9 Å². The summed E-state index contributed by atoms with van der Waals surface area (Å²) >= 11 is 0. The molecule has 4 saturated heterocycles. The van der Waals surface area contributed by atoms with Gasteiger partial charge in [-0.05, 0) is 74.2 Å². The fraction of sp³-hybridized carbons (Fsp3) is 0.516. The van der Waals surface area contributed by atoms with Crippen molar-refractivity contribution in [3.63, 3.8) is 0 Å².